The maximum absolute atomic E-state index is 11.7. The second kappa shape index (κ2) is 3.98. The van der Waals surface area contributed by atoms with Crippen molar-refractivity contribution in [2.75, 3.05) is 20.1 Å². The predicted molar refractivity (Wildman–Crippen MR) is 54.0 cm³/mol. The molecular weight excluding hydrogens is 180 g/mol. The lowest BCUT2D eigenvalue weighted by Crippen LogP contribution is -2.34. The summed E-state index contributed by atoms with van der Waals surface area (Å²) in [6.45, 7) is 6.60. The van der Waals surface area contributed by atoms with E-state index in [1.807, 2.05) is 0 Å². The third kappa shape index (κ3) is 2.05. The van der Waals surface area contributed by atoms with Gasteiger partial charge in [0.1, 0.15) is 5.78 Å². The number of hydrogen-bond donors (Lipinski definition) is 0. The summed E-state index contributed by atoms with van der Waals surface area (Å²) in [6, 6.07) is 0.209. The quantitative estimate of drug-likeness (QED) is 0.678. The summed E-state index contributed by atoms with van der Waals surface area (Å²) in [5.41, 5.74) is 0. The summed E-state index contributed by atoms with van der Waals surface area (Å²) in [7, 11) is 1.80. The van der Waals surface area contributed by atoms with Crippen LogP contribution in [0.1, 0.15) is 20.8 Å². The Morgan fingerprint density at radius 1 is 1.57 bits per heavy atom. The van der Waals surface area contributed by atoms with E-state index < -0.39 is 0 Å². The van der Waals surface area contributed by atoms with Crippen molar-refractivity contribution in [2.24, 2.45) is 5.92 Å². The Bertz CT molecular complexity index is 251. The van der Waals surface area contributed by atoms with Crippen LogP contribution in [0.4, 0.5) is 4.79 Å². The molecule has 1 unspecified atom stereocenters. The molecule has 1 rings (SSSR count). The zero-order valence-electron chi connectivity index (χ0n) is 9.28. The van der Waals surface area contributed by atoms with Crippen molar-refractivity contribution in [3.05, 3.63) is 0 Å². The monoisotopic (exact) mass is 198 g/mol. The van der Waals surface area contributed by atoms with E-state index in [2.05, 4.69) is 13.8 Å². The number of hydrogen-bond acceptors (Lipinski definition) is 2. The Labute approximate surface area is 84.9 Å². The van der Waals surface area contributed by atoms with Crippen LogP contribution in [0.5, 0.6) is 0 Å². The van der Waals surface area contributed by atoms with Crippen molar-refractivity contribution in [3.63, 3.8) is 0 Å². The van der Waals surface area contributed by atoms with E-state index in [9.17, 15) is 9.59 Å². The highest BCUT2D eigenvalue weighted by atomic mass is 16.2. The van der Waals surface area contributed by atoms with Crippen LogP contribution in [0.25, 0.3) is 0 Å². The molecule has 0 radical (unpaired) electrons. The molecule has 1 aliphatic rings. The molecule has 1 atom stereocenters. The first-order valence-corrected chi connectivity index (χ1v) is 4.94. The lowest BCUT2D eigenvalue weighted by atomic mass is 10.0. The fraction of sp³-hybridized carbons (Fsp3) is 0.800. The molecular formula is C10H18N2O2. The molecule has 4 nitrogen and oxygen atoms in total. The van der Waals surface area contributed by atoms with Crippen molar-refractivity contribution >= 4 is 11.8 Å². The summed E-state index contributed by atoms with van der Waals surface area (Å²) >= 11 is 0. The minimum Gasteiger partial charge on any atom is -0.323 e. The van der Waals surface area contributed by atoms with Crippen molar-refractivity contribution in [2.45, 2.75) is 26.8 Å². The van der Waals surface area contributed by atoms with Gasteiger partial charge in [-0.05, 0) is 12.8 Å². The van der Waals surface area contributed by atoms with Gasteiger partial charge in [-0.3, -0.25) is 4.79 Å². The number of ketones is 1. The first-order chi connectivity index (χ1) is 6.43. The fourth-order valence-electron chi connectivity index (χ4n) is 1.85. The SMILES string of the molecule is CC(=O)CN1CC(C(C)C)N(C)C1=O. The predicted octanol–water partition coefficient (Wildman–Crippen LogP) is 0.967. The summed E-state index contributed by atoms with van der Waals surface area (Å²) in [6.07, 6.45) is 0. The highest BCUT2D eigenvalue weighted by Gasteiger charge is 2.36. The number of rotatable bonds is 3. The highest BCUT2D eigenvalue weighted by Crippen LogP contribution is 2.19. The van der Waals surface area contributed by atoms with Gasteiger partial charge in [0.05, 0.1) is 12.6 Å². The van der Waals surface area contributed by atoms with E-state index in [1.165, 1.54) is 6.92 Å². The van der Waals surface area contributed by atoms with Crippen LogP contribution in [0.2, 0.25) is 0 Å². The molecule has 0 N–H and O–H groups in total. The Kier molecular flexibility index (Phi) is 3.13. The average molecular weight is 198 g/mol. The molecule has 0 aromatic heterocycles. The number of carbonyl (C=O) groups is 2. The number of carbonyl (C=O) groups excluding carboxylic acids is 2. The van der Waals surface area contributed by atoms with Gasteiger partial charge in [-0.25, -0.2) is 4.79 Å². The lowest BCUT2D eigenvalue weighted by molar-refractivity contribution is -0.117. The Balaban J connectivity index is 2.67. The maximum Gasteiger partial charge on any atom is 0.320 e. The summed E-state index contributed by atoms with van der Waals surface area (Å²) in [5.74, 6) is 0.470. The normalized spacial score (nSPS) is 22.4. The van der Waals surface area contributed by atoms with Crippen molar-refractivity contribution in [1.29, 1.82) is 0 Å². The van der Waals surface area contributed by atoms with Gasteiger partial charge in [-0.2, -0.15) is 0 Å². The Hall–Kier alpha value is -1.06. The minimum atomic E-state index is -0.0288. The number of urea groups is 1. The van der Waals surface area contributed by atoms with Gasteiger partial charge in [0.15, 0.2) is 0 Å². The zero-order chi connectivity index (χ0) is 10.9. The molecule has 0 aromatic rings. The van der Waals surface area contributed by atoms with E-state index >= 15 is 0 Å². The zero-order valence-corrected chi connectivity index (χ0v) is 9.28. The highest BCUT2D eigenvalue weighted by molar-refractivity contribution is 5.85. The van der Waals surface area contributed by atoms with Gasteiger partial charge < -0.3 is 9.80 Å². The third-order valence-electron chi connectivity index (χ3n) is 2.66. The minimum absolute atomic E-state index is 0.0288. The van der Waals surface area contributed by atoms with E-state index in [0.717, 1.165) is 0 Å². The lowest BCUT2D eigenvalue weighted by Gasteiger charge is -2.20. The topological polar surface area (TPSA) is 40.6 Å². The third-order valence-corrected chi connectivity index (χ3v) is 2.66. The van der Waals surface area contributed by atoms with E-state index in [4.69, 9.17) is 0 Å². The second-order valence-corrected chi connectivity index (χ2v) is 4.29. The molecule has 1 fully saturated rings. The van der Waals surface area contributed by atoms with Gasteiger partial charge in [0.25, 0.3) is 0 Å². The first-order valence-electron chi connectivity index (χ1n) is 4.94. The number of nitrogens with zero attached hydrogens (tertiary/aromatic N) is 2. The second-order valence-electron chi connectivity index (χ2n) is 4.29. The maximum atomic E-state index is 11.7. The molecule has 80 valence electrons. The molecule has 2 amide bonds. The van der Waals surface area contributed by atoms with Crippen molar-refractivity contribution in [3.8, 4) is 0 Å². The standard InChI is InChI=1S/C10H18N2O2/c1-7(2)9-6-12(5-8(3)13)10(14)11(9)4/h7,9H,5-6H2,1-4H3. The van der Waals surface area contributed by atoms with Gasteiger partial charge in [0, 0.05) is 13.6 Å². The molecule has 0 aromatic carbocycles. The number of Topliss-reactive ketones (excluding diaryl/α,β-unsaturated/α-hetero) is 1. The molecule has 0 saturated carbocycles. The molecule has 0 spiro atoms. The van der Waals surface area contributed by atoms with E-state index in [1.54, 1.807) is 16.8 Å². The van der Waals surface area contributed by atoms with Crippen LogP contribution in [0.15, 0.2) is 0 Å². The molecule has 1 heterocycles. The van der Waals surface area contributed by atoms with E-state index in [-0.39, 0.29) is 24.4 Å². The van der Waals surface area contributed by atoms with Gasteiger partial charge in [0.2, 0.25) is 0 Å². The van der Waals surface area contributed by atoms with Crippen LogP contribution >= 0.6 is 0 Å². The average Bonchev–Trinajstić information content (AvgIpc) is 2.32. The largest absolute Gasteiger partial charge is 0.323 e. The first kappa shape index (κ1) is 11.0. The van der Waals surface area contributed by atoms with E-state index in [0.29, 0.717) is 12.5 Å². The molecule has 1 aliphatic heterocycles. The molecule has 14 heavy (non-hydrogen) atoms. The van der Waals surface area contributed by atoms with Crippen LogP contribution in [-0.4, -0.2) is 47.8 Å². The summed E-state index contributed by atoms with van der Waals surface area (Å²) in [5, 5.41) is 0. The number of amides is 2. The van der Waals surface area contributed by atoms with Crippen LogP contribution in [0, 0.1) is 5.92 Å². The molecule has 1 saturated heterocycles. The smallest absolute Gasteiger partial charge is 0.320 e. The van der Waals surface area contributed by atoms with Gasteiger partial charge >= 0.3 is 6.03 Å². The summed E-state index contributed by atoms with van der Waals surface area (Å²) < 4.78 is 0. The van der Waals surface area contributed by atoms with Crippen LogP contribution < -0.4 is 0 Å². The Morgan fingerprint density at radius 3 is 2.50 bits per heavy atom. The molecule has 4 heteroatoms. The van der Waals surface area contributed by atoms with Crippen LogP contribution in [-0.2, 0) is 4.79 Å². The summed E-state index contributed by atoms with van der Waals surface area (Å²) in [4.78, 5) is 25.9. The van der Waals surface area contributed by atoms with Gasteiger partial charge in [-0.1, -0.05) is 13.8 Å². The number of likely N-dealkylation sites (N-methyl/N-ethyl adjacent to an activating group) is 1. The fourth-order valence-corrected chi connectivity index (χ4v) is 1.85. The van der Waals surface area contributed by atoms with Crippen LogP contribution in [0.3, 0.4) is 0 Å². The Morgan fingerprint density at radius 2 is 2.14 bits per heavy atom. The molecule has 0 bridgehead atoms. The molecule has 0 aliphatic carbocycles. The van der Waals surface area contributed by atoms with Crippen molar-refractivity contribution < 1.29 is 9.59 Å². The van der Waals surface area contributed by atoms with Gasteiger partial charge in [-0.15, -0.1) is 0 Å². The van der Waals surface area contributed by atoms with Crippen molar-refractivity contribution in [1.82, 2.24) is 9.80 Å².